The molecular weight excluding hydrogens is 286 g/mol. The van der Waals surface area contributed by atoms with Gasteiger partial charge in [0.25, 0.3) is 0 Å². The van der Waals surface area contributed by atoms with Crippen molar-refractivity contribution in [1.29, 1.82) is 0 Å². The Hall–Kier alpha value is -2.81. The molecule has 0 saturated carbocycles. The first-order valence-corrected chi connectivity index (χ1v) is 7.53. The van der Waals surface area contributed by atoms with Crippen molar-refractivity contribution in [3.8, 4) is 0 Å². The molecule has 2 N–H and O–H groups in total. The van der Waals surface area contributed by atoms with E-state index in [4.69, 9.17) is 10.5 Å². The Morgan fingerprint density at radius 3 is 2.22 bits per heavy atom. The minimum Gasteiger partial charge on any atom is -0.462 e. The zero-order chi connectivity index (χ0) is 16.8. The van der Waals surface area contributed by atoms with Crippen LogP contribution in [0.4, 0.5) is 0 Å². The second-order valence-electron chi connectivity index (χ2n) is 5.22. The van der Waals surface area contributed by atoms with Gasteiger partial charge >= 0.3 is 5.97 Å². The average molecular weight is 307 g/mol. The van der Waals surface area contributed by atoms with Gasteiger partial charge in [-0.15, -0.1) is 0 Å². The summed E-state index contributed by atoms with van der Waals surface area (Å²) in [7, 11) is 0. The van der Waals surface area contributed by atoms with Crippen LogP contribution in [-0.4, -0.2) is 12.6 Å². The Kier molecular flexibility index (Phi) is 5.36. The van der Waals surface area contributed by atoms with Crippen LogP contribution in [-0.2, 0) is 9.53 Å². The zero-order valence-electron chi connectivity index (χ0n) is 13.5. The van der Waals surface area contributed by atoms with Gasteiger partial charge in [0.15, 0.2) is 0 Å². The van der Waals surface area contributed by atoms with E-state index in [-0.39, 0.29) is 6.61 Å². The molecule has 0 radical (unpaired) electrons. The minimum atomic E-state index is -0.459. The summed E-state index contributed by atoms with van der Waals surface area (Å²) in [6.07, 6.45) is 0. The van der Waals surface area contributed by atoms with Gasteiger partial charge in [0.05, 0.1) is 17.9 Å². The third-order valence-electron chi connectivity index (χ3n) is 3.54. The van der Waals surface area contributed by atoms with Crippen LogP contribution in [0.1, 0.15) is 23.6 Å². The van der Waals surface area contributed by atoms with E-state index in [0.717, 1.165) is 16.7 Å². The second kappa shape index (κ2) is 7.45. The van der Waals surface area contributed by atoms with Crippen LogP contribution in [0.3, 0.4) is 0 Å². The van der Waals surface area contributed by atoms with E-state index in [2.05, 4.69) is 6.58 Å². The van der Waals surface area contributed by atoms with Crippen LogP contribution in [0, 0.1) is 6.92 Å². The lowest BCUT2D eigenvalue weighted by Crippen LogP contribution is -2.15. The molecule has 23 heavy (non-hydrogen) atoms. The number of hydrogen-bond donors (Lipinski definition) is 1. The third-order valence-corrected chi connectivity index (χ3v) is 3.54. The zero-order valence-corrected chi connectivity index (χ0v) is 13.5. The van der Waals surface area contributed by atoms with Crippen LogP contribution < -0.4 is 5.73 Å². The highest BCUT2D eigenvalue weighted by atomic mass is 16.5. The Labute approximate surface area is 137 Å². The van der Waals surface area contributed by atoms with E-state index in [1.165, 1.54) is 0 Å². The molecule has 0 aliphatic carbocycles. The topological polar surface area (TPSA) is 52.3 Å². The van der Waals surface area contributed by atoms with Crippen molar-refractivity contribution in [3.05, 3.63) is 83.4 Å². The number of benzene rings is 2. The highest BCUT2D eigenvalue weighted by Crippen LogP contribution is 2.27. The summed E-state index contributed by atoms with van der Waals surface area (Å²) in [4.78, 5) is 12.4. The lowest BCUT2D eigenvalue weighted by Gasteiger charge is -2.14. The van der Waals surface area contributed by atoms with Crippen LogP contribution in [0.2, 0.25) is 0 Å². The molecule has 2 rings (SSSR count). The standard InChI is InChI=1S/C20H21NO2/c1-4-23-20(22)18(15(3)16-8-6-5-7-9-16)19(21)17-12-10-14(2)11-13-17/h5-13H,3-4,21H2,1-2H3/b19-18+. The molecule has 0 unspecified atom stereocenters. The molecule has 0 aliphatic heterocycles. The molecule has 3 nitrogen and oxygen atoms in total. The largest absolute Gasteiger partial charge is 0.462 e. The van der Waals surface area contributed by atoms with Gasteiger partial charge in [0.2, 0.25) is 0 Å². The first-order chi connectivity index (χ1) is 11.0. The molecule has 0 heterocycles. The van der Waals surface area contributed by atoms with E-state index in [9.17, 15) is 4.79 Å². The number of nitrogens with two attached hydrogens (primary N) is 1. The van der Waals surface area contributed by atoms with Gasteiger partial charge in [0, 0.05) is 0 Å². The van der Waals surface area contributed by atoms with E-state index in [1.54, 1.807) is 6.92 Å². The van der Waals surface area contributed by atoms with Crippen molar-refractivity contribution in [2.24, 2.45) is 5.73 Å². The molecule has 2 aromatic carbocycles. The average Bonchev–Trinajstić information content (AvgIpc) is 2.56. The molecule has 0 saturated heterocycles. The highest BCUT2D eigenvalue weighted by molar-refractivity contribution is 6.12. The third kappa shape index (κ3) is 3.89. The van der Waals surface area contributed by atoms with Gasteiger partial charge in [-0.2, -0.15) is 0 Å². The van der Waals surface area contributed by atoms with E-state index < -0.39 is 5.97 Å². The lowest BCUT2D eigenvalue weighted by molar-refractivity contribution is -0.137. The Bertz CT molecular complexity index is 728. The SMILES string of the molecule is C=C(/C(C(=O)OCC)=C(\N)c1ccc(C)cc1)c1ccccc1. The maximum Gasteiger partial charge on any atom is 0.340 e. The van der Waals surface area contributed by atoms with E-state index in [1.807, 2.05) is 61.5 Å². The minimum absolute atomic E-state index is 0.283. The molecule has 0 aromatic heterocycles. The fourth-order valence-electron chi connectivity index (χ4n) is 2.26. The first kappa shape index (κ1) is 16.6. The summed E-state index contributed by atoms with van der Waals surface area (Å²) < 4.78 is 5.18. The maximum atomic E-state index is 12.4. The highest BCUT2D eigenvalue weighted by Gasteiger charge is 2.20. The molecule has 0 atom stereocenters. The van der Waals surface area contributed by atoms with Crippen LogP contribution >= 0.6 is 0 Å². The summed E-state index contributed by atoms with van der Waals surface area (Å²) in [6.45, 7) is 8.10. The van der Waals surface area contributed by atoms with Crippen LogP contribution in [0.25, 0.3) is 11.3 Å². The fraction of sp³-hybridized carbons (Fsp3) is 0.150. The molecule has 0 spiro atoms. The van der Waals surface area contributed by atoms with Crippen molar-refractivity contribution in [1.82, 2.24) is 0 Å². The van der Waals surface area contributed by atoms with Gasteiger partial charge in [-0.3, -0.25) is 0 Å². The van der Waals surface area contributed by atoms with Crippen molar-refractivity contribution in [2.45, 2.75) is 13.8 Å². The van der Waals surface area contributed by atoms with E-state index >= 15 is 0 Å². The Balaban J connectivity index is 2.53. The summed E-state index contributed by atoms with van der Waals surface area (Å²) in [5.41, 5.74) is 10.3. The second-order valence-corrected chi connectivity index (χ2v) is 5.22. The molecule has 0 bridgehead atoms. The summed E-state index contributed by atoms with van der Waals surface area (Å²) in [5, 5.41) is 0. The number of carbonyl (C=O) groups is 1. The number of ether oxygens (including phenoxy) is 1. The molecule has 118 valence electrons. The fourth-order valence-corrected chi connectivity index (χ4v) is 2.26. The molecule has 0 amide bonds. The van der Waals surface area contributed by atoms with Gasteiger partial charge in [0.1, 0.15) is 0 Å². The summed E-state index contributed by atoms with van der Waals surface area (Å²) >= 11 is 0. The van der Waals surface area contributed by atoms with Gasteiger partial charge in [-0.1, -0.05) is 66.7 Å². The van der Waals surface area contributed by atoms with Crippen LogP contribution in [0.15, 0.2) is 66.7 Å². The van der Waals surface area contributed by atoms with Gasteiger partial charge < -0.3 is 10.5 Å². The van der Waals surface area contributed by atoms with Gasteiger partial charge in [-0.05, 0) is 30.5 Å². The smallest absolute Gasteiger partial charge is 0.340 e. The van der Waals surface area contributed by atoms with Crippen molar-refractivity contribution in [3.63, 3.8) is 0 Å². The molecule has 0 fully saturated rings. The normalized spacial score (nSPS) is 11.6. The Morgan fingerprint density at radius 1 is 1.04 bits per heavy atom. The lowest BCUT2D eigenvalue weighted by atomic mass is 9.95. The predicted molar refractivity (Wildman–Crippen MR) is 94.4 cm³/mol. The monoisotopic (exact) mass is 307 g/mol. The van der Waals surface area contributed by atoms with Gasteiger partial charge in [-0.25, -0.2) is 4.79 Å². The number of rotatable bonds is 5. The van der Waals surface area contributed by atoms with Crippen molar-refractivity contribution < 1.29 is 9.53 Å². The number of carbonyl (C=O) groups excluding carboxylic acids is 1. The van der Waals surface area contributed by atoms with E-state index in [0.29, 0.717) is 16.8 Å². The molecule has 2 aromatic rings. The molecule has 0 aliphatic rings. The summed E-state index contributed by atoms with van der Waals surface area (Å²) in [5.74, 6) is -0.459. The molecular formula is C20H21NO2. The van der Waals surface area contributed by atoms with Crippen LogP contribution in [0.5, 0.6) is 0 Å². The predicted octanol–water partition coefficient (Wildman–Crippen LogP) is 3.94. The quantitative estimate of drug-likeness (QED) is 0.517. The van der Waals surface area contributed by atoms with Crippen molar-refractivity contribution >= 4 is 17.2 Å². The summed E-state index contributed by atoms with van der Waals surface area (Å²) in [6, 6.07) is 17.2. The number of esters is 1. The maximum absolute atomic E-state index is 12.4. The number of aryl methyl sites for hydroxylation is 1. The first-order valence-electron chi connectivity index (χ1n) is 7.53. The Morgan fingerprint density at radius 2 is 1.65 bits per heavy atom. The van der Waals surface area contributed by atoms with Crippen molar-refractivity contribution in [2.75, 3.05) is 6.61 Å². The number of hydrogen-bond acceptors (Lipinski definition) is 3. The molecule has 3 heteroatoms.